The Labute approximate surface area is 120 Å². The van der Waals surface area contributed by atoms with Gasteiger partial charge in [0.1, 0.15) is 5.75 Å². The molecule has 0 aliphatic heterocycles. The lowest BCUT2D eigenvalue weighted by atomic mass is 9.88. The Morgan fingerprint density at radius 2 is 2.30 bits per heavy atom. The quantitative estimate of drug-likeness (QED) is 0.641. The smallest absolute Gasteiger partial charge is 0.344 e. The van der Waals surface area contributed by atoms with E-state index < -0.39 is 0 Å². The van der Waals surface area contributed by atoms with Crippen molar-refractivity contribution in [2.45, 2.75) is 45.1 Å². The second-order valence-corrected chi connectivity index (χ2v) is 5.22. The van der Waals surface area contributed by atoms with Crippen LogP contribution >= 0.6 is 0 Å². The van der Waals surface area contributed by atoms with Crippen LogP contribution in [-0.2, 0) is 16.0 Å². The molecule has 1 atom stereocenters. The van der Waals surface area contributed by atoms with Gasteiger partial charge in [-0.3, -0.25) is 0 Å². The van der Waals surface area contributed by atoms with Crippen molar-refractivity contribution in [3.8, 4) is 5.75 Å². The van der Waals surface area contributed by atoms with Crippen LogP contribution in [-0.4, -0.2) is 19.2 Å². The molecule has 4 heteroatoms. The van der Waals surface area contributed by atoms with E-state index in [0.717, 1.165) is 32.1 Å². The van der Waals surface area contributed by atoms with Crippen molar-refractivity contribution in [1.82, 2.24) is 0 Å². The van der Waals surface area contributed by atoms with Crippen molar-refractivity contribution in [2.24, 2.45) is 5.73 Å². The van der Waals surface area contributed by atoms with Crippen LogP contribution in [0, 0.1) is 0 Å². The summed E-state index contributed by atoms with van der Waals surface area (Å²) in [6.45, 7) is 2.49. The minimum atomic E-state index is -0.312. The number of benzene rings is 1. The minimum Gasteiger partial charge on any atom is -0.482 e. The van der Waals surface area contributed by atoms with Gasteiger partial charge < -0.3 is 15.2 Å². The lowest BCUT2D eigenvalue weighted by molar-refractivity contribution is -0.146. The van der Waals surface area contributed by atoms with Crippen LogP contribution in [0.2, 0.25) is 0 Å². The van der Waals surface area contributed by atoms with E-state index in [1.54, 1.807) is 0 Å². The summed E-state index contributed by atoms with van der Waals surface area (Å²) in [4.78, 5) is 11.5. The van der Waals surface area contributed by atoms with Crippen LogP contribution in [0.3, 0.4) is 0 Å². The van der Waals surface area contributed by atoms with Crippen LogP contribution in [0.4, 0.5) is 0 Å². The average Bonchev–Trinajstić information content (AvgIpc) is 2.45. The van der Waals surface area contributed by atoms with E-state index in [9.17, 15) is 4.79 Å². The molecular weight excluding hydrogens is 254 g/mol. The maximum atomic E-state index is 11.5. The van der Waals surface area contributed by atoms with Gasteiger partial charge >= 0.3 is 5.97 Å². The molecule has 20 heavy (non-hydrogen) atoms. The number of carbonyl (C=O) groups excluding carboxylic acids is 1. The Bertz CT molecular complexity index is 459. The van der Waals surface area contributed by atoms with E-state index in [0.29, 0.717) is 12.4 Å². The molecule has 0 heterocycles. The summed E-state index contributed by atoms with van der Waals surface area (Å²) in [6.07, 6.45) is 5.08. The molecule has 0 bridgehead atoms. The number of ether oxygens (including phenoxy) is 2. The molecule has 1 aromatic carbocycles. The topological polar surface area (TPSA) is 61.5 Å². The van der Waals surface area contributed by atoms with Gasteiger partial charge in [0, 0.05) is 6.04 Å². The van der Waals surface area contributed by atoms with Gasteiger partial charge in [0.05, 0.1) is 6.61 Å². The van der Waals surface area contributed by atoms with Crippen molar-refractivity contribution < 1.29 is 14.3 Å². The maximum absolute atomic E-state index is 11.5. The fourth-order valence-electron chi connectivity index (χ4n) is 2.43. The third-order valence-corrected chi connectivity index (χ3v) is 3.59. The predicted molar refractivity (Wildman–Crippen MR) is 77.7 cm³/mol. The van der Waals surface area contributed by atoms with Gasteiger partial charge in [0.2, 0.25) is 0 Å². The van der Waals surface area contributed by atoms with Gasteiger partial charge in [-0.15, -0.1) is 0 Å². The van der Waals surface area contributed by atoms with Crippen molar-refractivity contribution in [3.05, 3.63) is 29.3 Å². The second-order valence-electron chi connectivity index (χ2n) is 5.22. The predicted octanol–water partition coefficient (Wildman–Crippen LogP) is 2.74. The second kappa shape index (κ2) is 7.29. The Morgan fingerprint density at radius 1 is 1.45 bits per heavy atom. The van der Waals surface area contributed by atoms with Crippen LogP contribution in [0.25, 0.3) is 0 Å². The van der Waals surface area contributed by atoms with E-state index in [1.807, 2.05) is 18.2 Å². The molecule has 1 aliphatic carbocycles. The number of hydrogen-bond acceptors (Lipinski definition) is 4. The maximum Gasteiger partial charge on any atom is 0.344 e. The summed E-state index contributed by atoms with van der Waals surface area (Å²) < 4.78 is 10.5. The highest BCUT2D eigenvalue weighted by Crippen LogP contribution is 2.30. The van der Waals surface area contributed by atoms with Gasteiger partial charge in [-0.05, 0) is 48.9 Å². The third kappa shape index (κ3) is 3.97. The SMILES string of the molecule is CCCCOC(=O)COc1ccc2c(c1)CCCC2N. The Morgan fingerprint density at radius 3 is 3.10 bits per heavy atom. The molecule has 110 valence electrons. The summed E-state index contributed by atoms with van der Waals surface area (Å²) >= 11 is 0. The van der Waals surface area contributed by atoms with Gasteiger partial charge in [-0.25, -0.2) is 4.79 Å². The van der Waals surface area contributed by atoms with Crippen LogP contribution in [0.5, 0.6) is 5.75 Å². The number of aryl methyl sites for hydroxylation is 1. The first kappa shape index (κ1) is 14.9. The monoisotopic (exact) mass is 277 g/mol. The van der Waals surface area contributed by atoms with Gasteiger partial charge in [-0.2, -0.15) is 0 Å². The molecule has 0 saturated carbocycles. The molecule has 0 spiro atoms. The normalized spacial score (nSPS) is 17.4. The summed E-state index contributed by atoms with van der Waals surface area (Å²) in [6, 6.07) is 6.01. The largest absolute Gasteiger partial charge is 0.482 e. The van der Waals surface area contributed by atoms with E-state index in [4.69, 9.17) is 15.2 Å². The van der Waals surface area contributed by atoms with Gasteiger partial charge in [-0.1, -0.05) is 19.4 Å². The van der Waals surface area contributed by atoms with Crippen LogP contribution in [0.1, 0.15) is 49.8 Å². The standard InChI is InChI=1S/C16H23NO3/c1-2-3-9-19-16(18)11-20-13-7-8-14-12(10-13)5-4-6-15(14)17/h7-8,10,15H,2-6,9,11,17H2,1H3. The number of fused-ring (bicyclic) bond motifs is 1. The molecule has 0 fully saturated rings. The first-order chi connectivity index (χ1) is 9.70. The summed E-state index contributed by atoms with van der Waals surface area (Å²) in [5.41, 5.74) is 8.51. The number of carbonyl (C=O) groups is 1. The third-order valence-electron chi connectivity index (χ3n) is 3.59. The summed E-state index contributed by atoms with van der Waals surface area (Å²) in [5.74, 6) is 0.401. The van der Waals surface area contributed by atoms with Crippen molar-refractivity contribution in [2.75, 3.05) is 13.2 Å². The number of hydrogen-bond donors (Lipinski definition) is 1. The van der Waals surface area contributed by atoms with E-state index in [2.05, 4.69) is 6.92 Å². The zero-order valence-corrected chi connectivity index (χ0v) is 12.1. The first-order valence-corrected chi connectivity index (χ1v) is 7.37. The molecule has 2 rings (SSSR count). The highest BCUT2D eigenvalue weighted by molar-refractivity contribution is 5.71. The first-order valence-electron chi connectivity index (χ1n) is 7.37. The average molecular weight is 277 g/mol. The van der Waals surface area contributed by atoms with Crippen molar-refractivity contribution in [1.29, 1.82) is 0 Å². The highest BCUT2D eigenvalue weighted by Gasteiger charge is 2.17. The minimum absolute atomic E-state index is 0.0332. The summed E-state index contributed by atoms with van der Waals surface area (Å²) in [5, 5.41) is 0. The molecule has 1 aliphatic rings. The highest BCUT2D eigenvalue weighted by atomic mass is 16.6. The molecule has 0 radical (unpaired) electrons. The lowest BCUT2D eigenvalue weighted by Crippen LogP contribution is -2.18. The van der Waals surface area contributed by atoms with Crippen molar-refractivity contribution >= 4 is 5.97 Å². The number of unbranched alkanes of at least 4 members (excludes halogenated alkanes) is 1. The zero-order valence-electron chi connectivity index (χ0n) is 12.1. The Hall–Kier alpha value is -1.55. The van der Waals surface area contributed by atoms with Gasteiger partial charge in [0.15, 0.2) is 6.61 Å². The molecule has 2 N–H and O–H groups in total. The van der Waals surface area contributed by atoms with Crippen molar-refractivity contribution in [3.63, 3.8) is 0 Å². The fourth-order valence-corrected chi connectivity index (χ4v) is 2.43. The van der Waals surface area contributed by atoms with E-state index in [-0.39, 0.29) is 18.6 Å². The molecule has 0 amide bonds. The number of nitrogens with two attached hydrogens (primary N) is 1. The molecule has 1 unspecified atom stereocenters. The van der Waals surface area contributed by atoms with Crippen LogP contribution in [0.15, 0.2) is 18.2 Å². The summed E-state index contributed by atoms with van der Waals surface area (Å²) in [7, 11) is 0. The zero-order chi connectivity index (χ0) is 14.4. The molecule has 4 nitrogen and oxygen atoms in total. The Balaban J connectivity index is 1.86. The molecule has 1 aromatic rings. The number of rotatable bonds is 6. The molecule has 0 aromatic heterocycles. The van der Waals surface area contributed by atoms with Gasteiger partial charge in [0.25, 0.3) is 0 Å². The van der Waals surface area contributed by atoms with E-state index >= 15 is 0 Å². The van der Waals surface area contributed by atoms with Crippen LogP contribution < -0.4 is 10.5 Å². The Kier molecular flexibility index (Phi) is 5.41. The van der Waals surface area contributed by atoms with E-state index in [1.165, 1.54) is 11.1 Å². The lowest BCUT2D eigenvalue weighted by Gasteiger charge is -2.22. The number of esters is 1. The fraction of sp³-hybridized carbons (Fsp3) is 0.562. The molecular formula is C16H23NO3. The molecule has 0 saturated heterocycles.